The Morgan fingerprint density at radius 2 is 1.74 bits per heavy atom. The van der Waals surface area contributed by atoms with Crippen molar-refractivity contribution in [1.29, 1.82) is 0 Å². The van der Waals surface area contributed by atoms with Crippen LogP contribution in [-0.2, 0) is 0 Å². The number of amides is 2. The van der Waals surface area contributed by atoms with Crippen LogP contribution >= 0.6 is 24.8 Å². The standard InChI is InChI=1S/C17H14N4O4S2/c22-15-12-3-1-2-10-8-11(21(24)25)9-13(14(10)12)16(23)20(15)19-6-4-18(5-7-19)17(26)27/h1-3,8-9H,4-7H2,(H,26,27). The Bertz CT molecular complexity index is 1020. The third kappa shape index (κ3) is 2.85. The van der Waals surface area contributed by atoms with E-state index >= 15 is 0 Å². The molecule has 4 rings (SSSR count). The highest BCUT2D eigenvalue weighted by atomic mass is 32.1. The van der Waals surface area contributed by atoms with Gasteiger partial charge in [-0.3, -0.25) is 19.7 Å². The Morgan fingerprint density at radius 3 is 2.37 bits per heavy atom. The van der Waals surface area contributed by atoms with Gasteiger partial charge in [0.1, 0.15) is 4.32 Å². The lowest BCUT2D eigenvalue weighted by Crippen LogP contribution is -2.58. The van der Waals surface area contributed by atoms with E-state index in [1.165, 1.54) is 12.1 Å². The molecule has 10 heteroatoms. The van der Waals surface area contributed by atoms with Gasteiger partial charge in [-0.25, -0.2) is 10.0 Å². The molecular formula is C17H14N4O4S2. The van der Waals surface area contributed by atoms with Gasteiger partial charge in [0.2, 0.25) is 0 Å². The van der Waals surface area contributed by atoms with Crippen molar-refractivity contribution in [2.75, 3.05) is 26.2 Å². The lowest BCUT2D eigenvalue weighted by atomic mass is 9.94. The molecule has 8 nitrogen and oxygen atoms in total. The maximum absolute atomic E-state index is 13.1. The van der Waals surface area contributed by atoms with Crippen LogP contribution in [0.4, 0.5) is 5.69 Å². The number of benzene rings is 2. The Balaban J connectivity index is 1.77. The van der Waals surface area contributed by atoms with E-state index in [4.69, 9.17) is 12.2 Å². The Kier molecular flexibility index (Phi) is 4.33. The molecule has 2 amide bonds. The summed E-state index contributed by atoms with van der Waals surface area (Å²) in [4.78, 5) is 38.7. The Morgan fingerprint density at radius 1 is 1.07 bits per heavy atom. The van der Waals surface area contributed by atoms with Gasteiger partial charge in [-0.15, -0.1) is 12.6 Å². The average molecular weight is 402 g/mol. The molecule has 2 aliphatic rings. The quantitative estimate of drug-likeness (QED) is 0.271. The lowest BCUT2D eigenvalue weighted by Gasteiger charge is -2.41. The summed E-state index contributed by atoms with van der Waals surface area (Å²) in [5, 5.41) is 15.0. The van der Waals surface area contributed by atoms with Crippen LogP contribution in [0.3, 0.4) is 0 Å². The number of nitrogens with zero attached hydrogens (tertiary/aromatic N) is 4. The molecule has 2 aromatic rings. The van der Waals surface area contributed by atoms with Gasteiger partial charge < -0.3 is 4.90 Å². The van der Waals surface area contributed by atoms with Crippen LogP contribution in [0.2, 0.25) is 0 Å². The number of imide groups is 1. The molecular weight excluding hydrogens is 388 g/mol. The number of nitro benzene ring substituents is 1. The van der Waals surface area contributed by atoms with E-state index < -0.39 is 16.7 Å². The topological polar surface area (TPSA) is 87.0 Å². The number of carbonyl (C=O) groups excluding carboxylic acids is 2. The Labute approximate surface area is 164 Å². The molecule has 0 bridgehead atoms. The van der Waals surface area contributed by atoms with Crippen molar-refractivity contribution in [3.8, 4) is 0 Å². The number of carbonyl (C=O) groups is 2. The molecule has 0 aliphatic carbocycles. The summed E-state index contributed by atoms with van der Waals surface area (Å²) < 4.78 is 0.469. The van der Waals surface area contributed by atoms with Crippen molar-refractivity contribution in [3.63, 3.8) is 0 Å². The summed E-state index contributed by atoms with van der Waals surface area (Å²) in [6, 6.07) is 7.59. The molecule has 0 radical (unpaired) electrons. The van der Waals surface area contributed by atoms with Crippen LogP contribution in [0.25, 0.3) is 10.8 Å². The number of hydrogen-bond donors (Lipinski definition) is 1. The lowest BCUT2D eigenvalue weighted by molar-refractivity contribution is -0.384. The van der Waals surface area contributed by atoms with E-state index in [2.05, 4.69) is 12.6 Å². The van der Waals surface area contributed by atoms with Gasteiger partial charge in [0.05, 0.1) is 16.1 Å². The fourth-order valence-corrected chi connectivity index (χ4v) is 3.91. The number of non-ortho nitro benzene ring substituents is 1. The van der Waals surface area contributed by atoms with Crippen molar-refractivity contribution in [3.05, 3.63) is 51.6 Å². The van der Waals surface area contributed by atoms with Crippen molar-refractivity contribution in [1.82, 2.24) is 14.9 Å². The second-order valence-corrected chi connectivity index (χ2v) is 7.41. The highest BCUT2D eigenvalue weighted by molar-refractivity contribution is 8.10. The molecule has 0 spiro atoms. The molecule has 2 aliphatic heterocycles. The predicted molar refractivity (Wildman–Crippen MR) is 106 cm³/mol. The van der Waals surface area contributed by atoms with Gasteiger partial charge in [0, 0.05) is 43.7 Å². The second-order valence-electron chi connectivity index (χ2n) is 6.30. The molecule has 0 saturated carbocycles. The summed E-state index contributed by atoms with van der Waals surface area (Å²) in [5.74, 6) is -0.969. The number of thiol groups is 1. The zero-order chi connectivity index (χ0) is 19.3. The molecule has 2 heterocycles. The summed E-state index contributed by atoms with van der Waals surface area (Å²) in [7, 11) is 0. The molecule has 0 atom stereocenters. The van der Waals surface area contributed by atoms with Crippen LogP contribution in [0.5, 0.6) is 0 Å². The van der Waals surface area contributed by atoms with Gasteiger partial charge in [0.15, 0.2) is 0 Å². The molecule has 0 N–H and O–H groups in total. The van der Waals surface area contributed by atoms with Crippen LogP contribution in [0, 0.1) is 10.1 Å². The number of hydrazine groups is 1. The third-order valence-electron chi connectivity index (χ3n) is 4.83. The van der Waals surface area contributed by atoms with E-state index in [0.717, 1.165) is 5.01 Å². The van der Waals surface area contributed by atoms with Crippen LogP contribution < -0.4 is 0 Å². The van der Waals surface area contributed by atoms with Gasteiger partial charge in [0.25, 0.3) is 17.5 Å². The second kappa shape index (κ2) is 6.55. The molecule has 1 saturated heterocycles. The minimum Gasteiger partial charge on any atom is -0.355 e. The summed E-state index contributed by atoms with van der Waals surface area (Å²) in [6.07, 6.45) is 0. The van der Waals surface area contributed by atoms with Gasteiger partial charge in [-0.05, 0) is 11.5 Å². The number of thiocarbonyl (C=S) groups is 1. The van der Waals surface area contributed by atoms with E-state index in [1.54, 1.807) is 23.2 Å². The number of nitro groups is 1. The smallest absolute Gasteiger partial charge is 0.276 e. The van der Waals surface area contributed by atoms with Crippen LogP contribution in [0.1, 0.15) is 20.7 Å². The SMILES string of the molecule is O=C1c2cccc3cc([N+](=O)[O-])cc(c23)C(=O)N1N1CCN(C(=S)S)CC1. The minimum absolute atomic E-state index is 0.168. The van der Waals surface area contributed by atoms with Crippen molar-refractivity contribution in [2.24, 2.45) is 0 Å². The highest BCUT2D eigenvalue weighted by Crippen LogP contribution is 2.34. The third-order valence-corrected chi connectivity index (χ3v) is 5.37. The van der Waals surface area contributed by atoms with Crippen molar-refractivity contribution in [2.45, 2.75) is 0 Å². The maximum Gasteiger partial charge on any atom is 0.276 e. The normalized spacial score (nSPS) is 17.5. The van der Waals surface area contributed by atoms with E-state index in [-0.39, 0.29) is 11.3 Å². The van der Waals surface area contributed by atoms with Crippen molar-refractivity contribution < 1.29 is 14.5 Å². The number of rotatable bonds is 2. The molecule has 0 unspecified atom stereocenters. The van der Waals surface area contributed by atoms with Crippen LogP contribution in [-0.4, -0.2) is 62.2 Å². The first-order valence-corrected chi connectivity index (χ1v) is 9.06. The first-order chi connectivity index (χ1) is 12.9. The Hall–Kier alpha value is -2.56. The summed E-state index contributed by atoms with van der Waals surface area (Å²) in [6.45, 7) is 1.90. The minimum atomic E-state index is -0.547. The van der Waals surface area contributed by atoms with Crippen LogP contribution in [0.15, 0.2) is 30.3 Å². The molecule has 138 valence electrons. The maximum atomic E-state index is 13.1. The average Bonchev–Trinajstić information content (AvgIpc) is 2.66. The van der Waals surface area contributed by atoms with Gasteiger partial charge in [-0.1, -0.05) is 24.4 Å². The van der Waals surface area contributed by atoms with E-state index in [1.807, 2.05) is 4.90 Å². The molecule has 27 heavy (non-hydrogen) atoms. The van der Waals surface area contributed by atoms with E-state index in [0.29, 0.717) is 46.8 Å². The first kappa shape index (κ1) is 17.8. The first-order valence-electron chi connectivity index (χ1n) is 8.21. The summed E-state index contributed by atoms with van der Waals surface area (Å²) >= 11 is 9.21. The molecule has 2 aromatic carbocycles. The van der Waals surface area contributed by atoms with Gasteiger partial charge >= 0.3 is 0 Å². The predicted octanol–water partition coefficient (Wildman–Crippen LogP) is 2.09. The highest BCUT2D eigenvalue weighted by Gasteiger charge is 2.38. The molecule has 0 aromatic heterocycles. The van der Waals surface area contributed by atoms with E-state index in [9.17, 15) is 19.7 Å². The number of piperazine rings is 1. The van der Waals surface area contributed by atoms with Crippen molar-refractivity contribution >= 4 is 57.4 Å². The van der Waals surface area contributed by atoms with Gasteiger partial charge in [-0.2, -0.15) is 0 Å². The number of hydrogen-bond acceptors (Lipinski definition) is 6. The summed E-state index contributed by atoms with van der Waals surface area (Å²) in [5.41, 5.74) is 0.355. The zero-order valence-corrected chi connectivity index (χ0v) is 15.7. The monoisotopic (exact) mass is 402 g/mol. The zero-order valence-electron chi connectivity index (χ0n) is 14.0. The largest absolute Gasteiger partial charge is 0.355 e. The molecule has 1 fully saturated rings. The fourth-order valence-electron chi connectivity index (χ4n) is 3.53. The fraction of sp³-hybridized carbons (Fsp3) is 0.235.